The number of carbonyl (C=O) groups is 2. The molecule has 0 bridgehead atoms. The van der Waals surface area contributed by atoms with Crippen LogP contribution in [0.25, 0.3) is 6.08 Å². The minimum Gasteiger partial charge on any atom is -0.452 e. The van der Waals surface area contributed by atoms with Gasteiger partial charge < -0.3 is 9.64 Å². The minimum atomic E-state index is -0.648. The van der Waals surface area contributed by atoms with Crippen molar-refractivity contribution in [3.05, 3.63) is 46.0 Å². The van der Waals surface area contributed by atoms with Crippen molar-refractivity contribution in [2.45, 2.75) is 25.7 Å². The SMILES string of the molecule is O=C(C=Cc1cccc([N+](=O)[O-])c1)OCC(=O)N1CCCCCC1. The number of hydrogen-bond donors (Lipinski definition) is 0. The van der Waals surface area contributed by atoms with Crippen LogP contribution in [0.3, 0.4) is 0 Å². The minimum absolute atomic E-state index is 0.0538. The van der Waals surface area contributed by atoms with Crippen molar-refractivity contribution in [2.24, 2.45) is 0 Å². The summed E-state index contributed by atoms with van der Waals surface area (Å²) in [6.45, 7) is 1.14. The fourth-order valence-electron chi connectivity index (χ4n) is 2.50. The zero-order chi connectivity index (χ0) is 17.4. The normalized spacial score (nSPS) is 15.1. The van der Waals surface area contributed by atoms with E-state index in [4.69, 9.17) is 4.74 Å². The molecule has 0 saturated carbocycles. The summed E-state index contributed by atoms with van der Waals surface area (Å²) in [7, 11) is 0. The molecule has 1 saturated heterocycles. The molecule has 128 valence electrons. The number of hydrogen-bond acceptors (Lipinski definition) is 5. The molecule has 1 aliphatic heterocycles. The number of nitro groups is 1. The van der Waals surface area contributed by atoms with Gasteiger partial charge in [0.2, 0.25) is 0 Å². The Labute approximate surface area is 140 Å². The van der Waals surface area contributed by atoms with E-state index in [0.717, 1.165) is 31.8 Å². The predicted octanol–water partition coefficient (Wildman–Crippen LogP) is 2.55. The van der Waals surface area contributed by atoms with Gasteiger partial charge in [-0.3, -0.25) is 14.9 Å². The van der Waals surface area contributed by atoms with Crippen LogP contribution in [0.5, 0.6) is 0 Å². The van der Waals surface area contributed by atoms with Crippen LogP contribution in [-0.4, -0.2) is 41.4 Å². The molecule has 0 radical (unpaired) electrons. The molecule has 7 heteroatoms. The van der Waals surface area contributed by atoms with Crippen molar-refractivity contribution < 1.29 is 19.2 Å². The summed E-state index contributed by atoms with van der Waals surface area (Å²) in [6, 6.07) is 5.90. The van der Waals surface area contributed by atoms with Gasteiger partial charge in [-0.25, -0.2) is 4.79 Å². The van der Waals surface area contributed by atoms with Crippen LogP contribution in [-0.2, 0) is 14.3 Å². The lowest BCUT2D eigenvalue weighted by atomic mass is 10.2. The average Bonchev–Trinajstić information content (AvgIpc) is 2.87. The lowest BCUT2D eigenvalue weighted by molar-refractivity contribution is -0.384. The second kappa shape index (κ2) is 8.81. The van der Waals surface area contributed by atoms with Crippen molar-refractivity contribution in [1.29, 1.82) is 0 Å². The number of esters is 1. The molecule has 0 N–H and O–H groups in total. The van der Waals surface area contributed by atoms with Crippen LogP contribution in [0.15, 0.2) is 30.3 Å². The highest BCUT2D eigenvalue weighted by Crippen LogP contribution is 2.14. The first-order valence-electron chi connectivity index (χ1n) is 7.93. The third-order valence-corrected chi connectivity index (χ3v) is 3.79. The summed E-state index contributed by atoms with van der Waals surface area (Å²) in [4.78, 5) is 35.6. The van der Waals surface area contributed by atoms with E-state index in [9.17, 15) is 19.7 Å². The van der Waals surface area contributed by atoms with E-state index < -0.39 is 10.9 Å². The monoisotopic (exact) mass is 332 g/mol. The zero-order valence-corrected chi connectivity index (χ0v) is 13.3. The lowest BCUT2D eigenvalue weighted by Crippen LogP contribution is -2.35. The van der Waals surface area contributed by atoms with E-state index >= 15 is 0 Å². The Kier molecular flexibility index (Phi) is 6.48. The third kappa shape index (κ3) is 5.49. The Morgan fingerprint density at radius 3 is 2.58 bits per heavy atom. The summed E-state index contributed by atoms with van der Waals surface area (Å²) in [5.41, 5.74) is 0.460. The maximum absolute atomic E-state index is 12.0. The first-order valence-corrected chi connectivity index (χ1v) is 7.93. The fraction of sp³-hybridized carbons (Fsp3) is 0.412. The first kappa shape index (κ1) is 17.7. The van der Waals surface area contributed by atoms with Gasteiger partial charge in [0, 0.05) is 31.3 Å². The van der Waals surface area contributed by atoms with Crippen molar-refractivity contribution in [3.63, 3.8) is 0 Å². The number of likely N-dealkylation sites (tertiary alicyclic amines) is 1. The van der Waals surface area contributed by atoms with Gasteiger partial charge in [0.1, 0.15) is 0 Å². The number of carbonyl (C=O) groups excluding carboxylic acids is 2. The standard InChI is InChI=1S/C17H20N2O5/c20-16(18-10-3-1-2-4-11-18)13-24-17(21)9-8-14-6-5-7-15(12-14)19(22)23/h5-9,12H,1-4,10-11,13H2. The molecule has 0 unspecified atom stereocenters. The third-order valence-electron chi connectivity index (χ3n) is 3.79. The van der Waals surface area contributed by atoms with Crippen molar-refractivity contribution >= 4 is 23.6 Å². The quantitative estimate of drug-likeness (QED) is 0.358. The topological polar surface area (TPSA) is 89.7 Å². The second-order valence-corrected chi connectivity index (χ2v) is 5.59. The van der Waals surface area contributed by atoms with E-state index in [-0.39, 0.29) is 18.2 Å². The summed E-state index contributed by atoms with van der Waals surface area (Å²) in [6.07, 6.45) is 6.78. The van der Waals surface area contributed by atoms with Crippen molar-refractivity contribution in [3.8, 4) is 0 Å². The number of nitrogens with zero attached hydrogens (tertiary/aromatic N) is 2. The molecule has 2 rings (SSSR count). The molecule has 1 amide bonds. The maximum Gasteiger partial charge on any atom is 0.331 e. The molecular formula is C17H20N2O5. The molecule has 0 aromatic heterocycles. The fourth-order valence-corrected chi connectivity index (χ4v) is 2.50. The van der Waals surface area contributed by atoms with Crippen LogP contribution in [0, 0.1) is 10.1 Å². The number of rotatable bonds is 5. The number of non-ortho nitro benzene ring substituents is 1. The highest BCUT2D eigenvalue weighted by atomic mass is 16.6. The molecule has 1 aliphatic rings. The Morgan fingerprint density at radius 1 is 1.21 bits per heavy atom. The van der Waals surface area contributed by atoms with Gasteiger partial charge >= 0.3 is 5.97 Å². The molecule has 1 aromatic rings. The van der Waals surface area contributed by atoms with Gasteiger partial charge in [0.05, 0.1) is 4.92 Å². The molecule has 24 heavy (non-hydrogen) atoms. The Morgan fingerprint density at radius 2 is 1.92 bits per heavy atom. The van der Waals surface area contributed by atoms with E-state index in [2.05, 4.69) is 0 Å². The first-order chi connectivity index (χ1) is 11.6. The van der Waals surface area contributed by atoms with Gasteiger partial charge in [-0.15, -0.1) is 0 Å². The highest BCUT2D eigenvalue weighted by molar-refractivity contribution is 5.89. The Bertz CT molecular complexity index is 634. The number of nitro benzene ring substituents is 1. The Hall–Kier alpha value is -2.70. The van der Waals surface area contributed by atoms with Crippen LogP contribution in [0.4, 0.5) is 5.69 Å². The van der Waals surface area contributed by atoms with Gasteiger partial charge in [-0.05, 0) is 24.5 Å². The Balaban J connectivity index is 1.83. The maximum atomic E-state index is 12.0. The van der Waals surface area contributed by atoms with Crippen LogP contribution in [0.1, 0.15) is 31.2 Å². The molecule has 7 nitrogen and oxygen atoms in total. The van der Waals surface area contributed by atoms with Crippen LogP contribution in [0.2, 0.25) is 0 Å². The smallest absolute Gasteiger partial charge is 0.331 e. The molecule has 1 aromatic carbocycles. The molecule has 1 heterocycles. The molecule has 0 atom stereocenters. The van der Waals surface area contributed by atoms with E-state index in [1.54, 1.807) is 11.0 Å². The predicted molar refractivity (Wildman–Crippen MR) is 88.1 cm³/mol. The van der Waals surface area contributed by atoms with Crippen LogP contribution >= 0.6 is 0 Å². The highest BCUT2D eigenvalue weighted by Gasteiger charge is 2.16. The lowest BCUT2D eigenvalue weighted by Gasteiger charge is -2.19. The second-order valence-electron chi connectivity index (χ2n) is 5.59. The van der Waals surface area contributed by atoms with Gasteiger partial charge in [-0.2, -0.15) is 0 Å². The zero-order valence-electron chi connectivity index (χ0n) is 13.3. The molecule has 0 aliphatic carbocycles. The largest absolute Gasteiger partial charge is 0.452 e. The number of amides is 1. The van der Waals surface area contributed by atoms with Gasteiger partial charge in [-0.1, -0.05) is 25.0 Å². The molecule has 1 fully saturated rings. The van der Waals surface area contributed by atoms with E-state index in [1.807, 2.05) is 0 Å². The van der Waals surface area contributed by atoms with E-state index in [0.29, 0.717) is 18.7 Å². The summed E-state index contributed by atoms with van der Waals surface area (Å²) in [5.74, 6) is -0.835. The van der Waals surface area contributed by atoms with Crippen LogP contribution < -0.4 is 0 Å². The van der Waals surface area contributed by atoms with Crippen molar-refractivity contribution in [2.75, 3.05) is 19.7 Å². The average molecular weight is 332 g/mol. The summed E-state index contributed by atoms with van der Waals surface area (Å²) < 4.78 is 4.95. The summed E-state index contributed by atoms with van der Waals surface area (Å²) >= 11 is 0. The number of benzene rings is 1. The van der Waals surface area contributed by atoms with Crippen molar-refractivity contribution in [1.82, 2.24) is 4.90 Å². The number of ether oxygens (including phenoxy) is 1. The van der Waals surface area contributed by atoms with Gasteiger partial charge in [0.25, 0.3) is 11.6 Å². The van der Waals surface area contributed by atoms with E-state index in [1.165, 1.54) is 24.3 Å². The van der Waals surface area contributed by atoms with Gasteiger partial charge in [0.15, 0.2) is 6.61 Å². The molecular weight excluding hydrogens is 312 g/mol. The molecule has 0 spiro atoms. The summed E-state index contributed by atoms with van der Waals surface area (Å²) in [5, 5.41) is 10.7.